The molecular formula is C52H34Cl8F5N3O5S. The molecule has 0 amide bonds. The minimum atomic E-state index is -6.09. The van der Waals surface area contributed by atoms with Crippen molar-refractivity contribution in [3.05, 3.63) is 193 Å². The van der Waals surface area contributed by atoms with E-state index in [1.807, 2.05) is 6.07 Å². The van der Waals surface area contributed by atoms with Crippen molar-refractivity contribution in [2.75, 3.05) is 13.1 Å². The van der Waals surface area contributed by atoms with Gasteiger partial charge in [-0.05, 0) is 140 Å². The molecule has 1 aliphatic heterocycles. The fourth-order valence-electron chi connectivity index (χ4n) is 8.43. The normalized spacial score (nSPS) is 13.5. The summed E-state index contributed by atoms with van der Waals surface area (Å²) in [6.07, 6.45) is 3.05. The molecule has 0 saturated carbocycles. The summed E-state index contributed by atoms with van der Waals surface area (Å²) in [5.74, 6) is -1.93. The summed E-state index contributed by atoms with van der Waals surface area (Å²) in [5, 5.41) is 1.92. The number of hydrogen-bond donors (Lipinski definition) is 0. The molecule has 2 aromatic heterocycles. The Morgan fingerprint density at radius 1 is 0.541 bits per heavy atom. The van der Waals surface area contributed by atoms with Crippen LogP contribution < -0.4 is 15.3 Å². The third-order valence-corrected chi connectivity index (χ3v) is 15.1. The molecule has 9 rings (SSSR count). The number of fused-ring (bicyclic) bond motifs is 2. The number of rotatable bonds is 7. The largest absolute Gasteiger partial charge is 0.534 e. The first-order valence-corrected chi connectivity index (χ1v) is 26.1. The molecule has 0 atom stereocenters. The molecule has 1 aliphatic rings. The van der Waals surface area contributed by atoms with Gasteiger partial charge in [-0.15, -0.1) is 0 Å². The lowest BCUT2D eigenvalue weighted by atomic mass is 9.91. The van der Waals surface area contributed by atoms with E-state index in [9.17, 15) is 40.0 Å². The summed E-state index contributed by atoms with van der Waals surface area (Å²) >= 11 is 50.5. The number of alkyl halides is 3. The number of pyridine rings is 2. The van der Waals surface area contributed by atoms with Crippen LogP contribution in [0.4, 0.5) is 22.0 Å². The lowest BCUT2D eigenvalue weighted by Gasteiger charge is -2.37. The smallest absolute Gasteiger partial charge is 0.376 e. The Bertz CT molecular complexity index is 3830. The summed E-state index contributed by atoms with van der Waals surface area (Å²) in [7, 11) is -6.09. The number of hydrogen-bond acceptors (Lipinski definition) is 6. The highest BCUT2D eigenvalue weighted by Crippen LogP contribution is 2.43. The van der Waals surface area contributed by atoms with Crippen LogP contribution in [0.3, 0.4) is 0 Å². The standard InChI is InChI=1S/C30H25Cl4FN2O.C22H9Cl4F4NO4S/c1-30(2,3)36-10-8-17(9-11-36)18-12-23(21-5-4-20(35)16-24(21)32)22-6-7-28(38)37(27(22)13-18)29-25(33)14-19(31)15-26(29)34;23-10-5-17(25)21(18(26)6-10)31-19-9-12(35-36(33,34)22(28,29)30)8-15(14(19)3-4-20(31)32)13-2-1-11(27)7-16(13)24/h4-8,12-16H,9-11H2,1-3H3;1-9H. The van der Waals surface area contributed by atoms with E-state index in [4.69, 9.17) is 92.8 Å². The van der Waals surface area contributed by atoms with Gasteiger partial charge in [-0.2, -0.15) is 21.6 Å². The van der Waals surface area contributed by atoms with E-state index in [2.05, 4.69) is 42.0 Å². The molecule has 0 unspecified atom stereocenters. The number of nitrogens with zero attached hydrogens (tertiary/aromatic N) is 3. The van der Waals surface area contributed by atoms with Crippen molar-refractivity contribution in [1.82, 2.24) is 14.0 Å². The average Bonchev–Trinajstić information content (AvgIpc) is 3.29. The number of halogens is 13. The summed E-state index contributed by atoms with van der Waals surface area (Å²) in [5.41, 5.74) is -2.30. The first-order chi connectivity index (χ1) is 34.6. The van der Waals surface area contributed by atoms with E-state index in [0.29, 0.717) is 21.8 Å². The summed E-state index contributed by atoms with van der Waals surface area (Å²) in [6, 6.07) is 24.8. The van der Waals surface area contributed by atoms with Crippen molar-refractivity contribution < 1.29 is 34.6 Å². The Morgan fingerprint density at radius 3 is 1.39 bits per heavy atom. The van der Waals surface area contributed by atoms with Crippen LogP contribution in [-0.4, -0.2) is 46.6 Å². The number of benzene rings is 6. The molecule has 0 bridgehead atoms. The zero-order valence-corrected chi connectivity index (χ0v) is 45.2. The molecule has 22 heteroatoms. The van der Waals surface area contributed by atoms with Crippen LogP contribution in [0.1, 0.15) is 32.8 Å². The maximum absolute atomic E-state index is 14.0. The molecule has 0 fully saturated rings. The molecule has 0 saturated heterocycles. The van der Waals surface area contributed by atoms with Gasteiger partial charge < -0.3 is 4.18 Å². The Balaban J connectivity index is 0.000000197. The fraction of sp³-hybridized carbons (Fsp3) is 0.154. The molecule has 8 aromatic rings. The van der Waals surface area contributed by atoms with Gasteiger partial charge in [-0.1, -0.05) is 98.9 Å². The van der Waals surface area contributed by atoms with Gasteiger partial charge in [0.2, 0.25) is 0 Å². The quantitative estimate of drug-likeness (QED) is 0.0897. The Morgan fingerprint density at radius 2 is 0.986 bits per heavy atom. The van der Waals surface area contributed by atoms with E-state index in [1.165, 1.54) is 47.0 Å². The van der Waals surface area contributed by atoms with Crippen LogP contribution in [0.25, 0.3) is 61.0 Å². The van der Waals surface area contributed by atoms with Crippen molar-refractivity contribution >= 4 is 130 Å². The minimum absolute atomic E-state index is 0.0276. The molecule has 0 N–H and O–H groups in total. The predicted molar refractivity (Wildman–Crippen MR) is 289 cm³/mol. The molecule has 8 nitrogen and oxygen atoms in total. The van der Waals surface area contributed by atoms with Gasteiger partial charge >= 0.3 is 15.6 Å². The molecule has 0 radical (unpaired) electrons. The van der Waals surface area contributed by atoms with Gasteiger partial charge in [0.1, 0.15) is 17.4 Å². The predicted octanol–water partition coefficient (Wildman–Crippen LogP) is 16.9. The van der Waals surface area contributed by atoms with Crippen molar-refractivity contribution in [2.45, 2.75) is 38.2 Å². The zero-order chi connectivity index (χ0) is 53.9. The lowest BCUT2D eigenvalue weighted by molar-refractivity contribution is -0.0500. The zero-order valence-electron chi connectivity index (χ0n) is 38.3. The maximum atomic E-state index is 14.0. The van der Waals surface area contributed by atoms with Gasteiger partial charge in [0.05, 0.1) is 52.5 Å². The van der Waals surface area contributed by atoms with Crippen molar-refractivity contribution in [3.63, 3.8) is 0 Å². The maximum Gasteiger partial charge on any atom is 0.534 e. The van der Waals surface area contributed by atoms with Crippen LogP contribution in [0.5, 0.6) is 5.75 Å². The van der Waals surface area contributed by atoms with Gasteiger partial charge in [0.25, 0.3) is 11.1 Å². The summed E-state index contributed by atoms with van der Waals surface area (Å²) < 4.78 is 97.0. The number of aromatic nitrogens is 2. The van der Waals surface area contributed by atoms with Crippen LogP contribution in [0.15, 0.2) is 125 Å². The first kappa shape index (κ1) is 55.4. The second-order valence-corrected chi connectivity index (χ2v) is 22.5. The monoisotopic (exact) mass is 1190 g/mol. The highest BCUT2D eigenvalue weighted by atomic mass is 35.5. The second-order valence-electron chi connectivity index (χ2n) is 17.6. The highest BCUT2D eigenvalue weighted by Gasteiger charge is 2.48. The van der Waals surface area contributed by atoms with Gasteiger partial charge in [0.15, 0.2) is 0 Å². The molecule has 3 heterocycles. The van der Waals surface area contributed by atoms with Crippen molar-refractivity contribution in [3.8, 4) is 39.4 Å². The molecule has 6 aromatic carbocycles. The fourth-order valence-corrected chi connectivity index (χ4v) is 11.4. The molecular weight excluding hydrogens is 1160 g/mol. The van der Waals surface area contributed by atoms with E-state index < -0.39 is 38.6 Å². The Hall–Kier alpha value is -4.84. The van der Waals surface area contributed by atoms with Gasteiger partial charge in [-0.3, -0.25) is 23.6 Å². The molecule has 384 valence electrons. The SMILES string of the molecule is CC(C)(C)N1CC=C(c2cc(-c3ccc(F)cc3Cl)c3ccc(=O)n(-c4c(Cl)cc(Cl)cc4Cl)c3c2)CC1.O=c1ccc2c(-c3ccc(F)cc3Cl)cc(OS(=O)(=O)C(F)(F)F)cc2n1-c1c(Cl)cc(Cl)cc1Cl. The van der Waals surface area contributed by atoms with Crippen LogP contribution in [-0.2, 0) is 10.1 Å². The summed E-state index contributed by atoms with van der Waals surface area (Å²) in [6.45, 7) is 8.31. The Kier molecular flexibility index (Phi) is 15.9. The highest BCUT2D eigenvalue weighted by molar-refractivity contribution is 7.88. The topological polar surface area (TPSA) is 90.6 Å². The summed E-state index contributed by atoms with van der Waals surface area (Å²) in [4.78, 5) is 28.7. The minimum Gasteiger partial charge on any atom is -0.376 e. The Labute approximate surface area is 459 Å². The third kappa shape index (κ3) is 11.3. The van der Waals surface area contributed by atoms with E-state index in [1.54, 1.807) is 24.3 Å². The first-order valence-electron chi connectivity index (χ1n) is 21.7. The van der Waals surface area contributed by atoms with E-state index in [-0.39, 0.29) is 74.0 Å². The van der Waals surface area contributed by atoms with Crippen molar-refractivity contribution in [2.24, 2.45) is 0 Å². The van der Waals surface area contributed by atoms with Crippen LogP contribution >= 0.6 is 92.8 Å². The van der Waals surface area contributed by atoms with Crippen LogP contribution in [0.2, 0.25) is 40.2 Å². The van der Waals surface area contributed by atoms with Crippen molar-refractivity contribution in [1.29, 1.82) is 0 Å². The lowest BCUT2D eigenvalue weighted by Crippen LogP contribution is -2.43. The van der Waals surface area contributed by atoms with E-state index in [0.717, 1.165) is 76.5 Å². The second kappa shape index (κ2) is 21.3. The third-order valence-electron chi connectivity index (χ3n) is 11.9. The van der Waals surface area contributed by atoms with Crippen LogP contribution in [0, 0.1) is 11.6 Å². The molecule has 0 spiro atoms. The van der Waals surface area contributed by atoms with Gasteiger partial charge in [0, 0.05) is 68.8 Å². The molecule has 0 aliphatic carbocycles. The van der Waals surface area contributed by atoms with E-state index >= 15 is 0 Å². The molecule has 74 heavy (non-hydrogen) atoms. The average molecular weight is 1190 g/mol. The van der Waals surface area contributed by atoms with Gasteiger partial charge in [-0.25, -0.2) is 8.78 Å².